The first-order chi connectivity index (χ1) is 5.77. The second kappa shape index (κ2) is 12.1. The molecule has 0 bridgehead atoms. The van der Waals surface area contributed by atoms with Crippen LogP contribution in [0.4, 0.5) is 0 Å². The normalized spacial score (nSPS) is 7.23. The zero-order chi connectivity index (χ0) is 9.23. The van der Waals surface area contributed by atoms with Crippen LogP contribution in [0.2, 0.25) is 0 Å². The summed E-state index contributed by atoms with van der Waals surface area (Å²) in [5, 5.41) is 3.72. The average Bonchev–Trinajstić information content (AvgIpc) is 2.08. The van der Waals surface area contributed by atoms with Crippen molar-refractivity contribution in [2.45, 2.75) is 6.92 Å². The SMILES string of the molecule is CC[N-]C(=S)S.[Zn+2].[c-]1ccccc1. The minimum absolute atomic E-state index is 0. The molecule has 0 spiro atoms. The fourth-order valence-corrected chi connectivity index (χ4v) is 0.748. The average molecular weight is 263 g/mol. The van der Waals surface area contributed by atoms with Gasteiger partial charge in [0.25, 0.3) is 0 Å². The van der Waals surface area contributed by atoms with Gasteiger partial charge < -0.3 is 5.32 Å². The molecule has 0 fully saturated rings. The first-order valence-electron chi connectivity index (χ1n) is 3.59. The molecule has 13 heavy (non-hydrogen) atoms. The molecule has 0 saturated carbocycles. The Morgan fingerprint density at radius 3 is 2.00 bits per heavy atom. The second-order valence-corrected chi connectivity index (χ2v) is 2.95. The van der Waals surface area contributed by atoms with Gasteiger partial charge in [-0.1, -0.05) is 19.1 Å². The summed E-state index contributed by atoms with van der Waals surface area (Å²) in [5.41, 5.74) is 0. The molecule has 0 unspecified atom stereocenters. The van der Waals surface area contributed by atoms with E-state index in [-0.39, 0.29) is 19.5 Å². The van der Waals surface area contributed by atoms with Gasteiger partial charge in [-0.3, -0.25) is 0 Å². The topological polar surface area (TPSA) is 14.1 Å². The van der Waals surface area contributed by atoms with Crippen LogP contribution in [0.15, 0.2) is 30.3 Å². The van der Waals surface area contributed by atoms with Gasteiger partial charge in [0.1, 0.15) is 0 Å². The summed E-state index contributed by atoms with van der Waals surface area (Å²) in [5.74, 6) is 0. The predicted molar refractivity (Wildman–Crippen MR) is 60.8 cm³/mol. The van der Waals surface area contributed by atoms with Gasteiger partial charge in [0.2, 0.25) is 0 Å². The molecule has 1 aromatic carbocycles. The summed E-state index contributed by atoms with van der Waals surface area (Å²) in [4.78, 5) is 0. The van der Waals surface area contributed by atoms with Crippen LogP contribution in [0.1, 0.15) is 6.92 Å². The molecule has 1 rings (SSSR count). The number of rotatable bonds is 1. The third-order valence-electron chi connectivity index (χ3n) is 0.900. The van der Waals surface area contributed by atoms with Crippen LogP contribution >= 0.6 is 24.8 Å². The third kappa shape index (κ3) is 14.9. The minimum atomic E-state index is 0. The standard InChI is InChI=1S/C6H5.C3H7NS2.Zn/c1-2-4-6-5-3-1;1-2-4-3(5)6;/h1-5H;2H2,1H3,(H2,4,5,6);/q-1;;+2/p-1. The molecule has 0 saturated heterocycles. The van der Waals surface area contributed by atoms with Crippen LogP contribution in [-0.2, 0) is 19.5 Å². The molecule has 0 atom stereocenters. The van der Waals surface area contributed by atoms with E-state index in [2.05, 4.69) is 36.2 Å². The molecule has 66 valence electrons. The van der Waals surface area contributed by atoms with Crippen molar-refractivity contribution >= 4 is 29.2 Å². The zero-order valence-electron chi connectivity index (χ0n) is 7.60. The maximum absolute atomic E-state index is 4.49. The first-order valence-corrected chi connectivity index (χ1v) is 4.44. The molecule has 0 radical (unpaired) electrons. The Bertz CT molecular complexity index is 177. The fourth-order valence-electron chi connectivity index (χ4n) is 0.477. The summed E-state index contributed by atoms with van der Waals surface area (Å²) >= 11 is 8.24. The van der Waals surface area contributed by atoms with Gasteiger partial charge in [-0.25, -0.2) is 0 Å². The van der Waals surface area contributed by atoms with Gasteiger partial charge in [0.05, 0.1) is 0 Å². The van der Waals surface area contributed by atoms with E-state index in [1.807, 2.05) is 37.3 Å². The van der Waals surface area contributed by atoms with Gasteiger partial charge in [0, 0.05) is 0 Å². The molecule has 0 aliphatic carbocycles. The Morgan fingerprint density at radius 1 is 1.38 bits per heavy atom. The van der Waals surface area contributed by atoms with Crippen LogP contribution in [0.3, 0.4) is 0 Å². The monoisotopic (exact) mass is 261 g/mol. The van der Waals surface area contributed by atoms with Gasteiger partial charge in [0.15, 0.2) is 0 Å². The van der Waals surface area contributed by atoms with Gasteiger partial charge in [-0.2, -0.15) is 49.0 Å². The van der Waals surface area contributed by atoms with Crippen LogP contribution in [-0.4, -0.2) is 10.9 Å². The van der Waals surface area contributed by atoms with Crippen LogP contribution in [0, 0.1) is 6.07 Å². The van der Waals surface area contributed by atoms with E-state index in [1.165, 1.54) is 0 Å². The van der Waals surface area contributed by atoms with Crippen molar-refractivity contribution in [3.63, 3.8) is 0 Å². The van der Waals surface area contributed by atoms with Crippen LogP contribution < -0.4 is 0 Å². The number of thiocarbonyl (C=S) groups is 1. The fraction of sp³-hybridized carbons (Fsp3) is 0.222. The number of nitrogens with zero attached hydrogens (tertiary/aromatic N) is 1. The Labute approximate surface area is 103 Å². The van der Waals surface area contributed by atoms with Gasteiger partial charge >= 0.3 is 19.5 Å². The summed E-state index contributed by atoms with van der Waals surface area (Å²) in [7, 11) is 0. The Morgan fingerprint density at radius 2 is 1.92 bits per heavy atom. The van der Waals surface area contributed by atoms with Crippen molar-refractivity contribution in [3.8, 4) is 0 Å². The third-order valence-corrected chi connectivity index (χ3v) is 1.17. The van der Waals surface area contributed by atoms with E-state index in [1.54, 1.807) is 0 Å². The number of hydrogen-bond acceptors (Lipinski definition) is 1. The smallest absolute Gasteiger partial charge is 0.670 e. The van der Waals surface area contributed by atoms with E-state index in [4.69, 9.17) is 0 Å². The zero-order valence-corrected chi connectivity index (χ0v) is 12.3. The van der Waals surface area contributed by atoms with Crippen molar-refractivity contribution in [3.05, 3.63) is 41.7 Å². The predicted octanol–water partition coefficient (Wildman–Crippen LogP) is 3.08. The molecule has 1 aromatic rings. The van der Waals surface area contributed by atoms with Crippen molar-refractivity contribution < 1.29 is 19.5 Å². The van der Waals surface area contributed by atoms with Crippen molar-refractivity contribution in [1.29, 1.82) is 0 Å². The largest absolute Gasteiger partial charge is 2.00 e. The van der Waals surface area contributed by atoms with Crippen molar-refractivity contribution in [2.75, 3.05) is 6.54 Å². The number of thiol groups is 1. The summed E-state index contributed by atoms with van der Waals surface area (Å²) in [6, 6.07) is 12.5. The molecule has 0 aromatic heterocycles. The van der Waals surface area contributed by atoms with Gasteiger partial charge in [-0.15, -0.1) is 6.54 Å². The van der Waals surface area contributed by atoms with E-state index in [0.29, 0.717) is 4.32 Å². The quantitative estimate of drug-likeness (QED) is 0.356. The van der Waals surface area contributed by atoms with E-state index < -0.39 is 0 Å². The van der Waals surface area contributed by atoms with Crippen molar-refractivity contribution in [2.24, 2.45) is 0 Å². The van der Waals surface area contributed by atoms with Crippen LogP contribution in [0.5, 0.6) is 0 Å². The van der Waals surface area contributed by atoms with Gasteiger partial charge in [-0.05, 0) is 4.32 Å². The molecule has 0 aliphatic rings. The van der Waals surface area contributed by atoms with E-state index >= 15 is 0 Å². The van der Waals surface area contributed by atoms with E-state index in [9.17, 15) is 0 Å². The Hall–Kier alpha value is 0.0834. The molecule has 1 nitrogen and oxygen atoms in total. The van der Waals surface area contributed by atoms with Crippen molar-refractivity contribution in [1.82, 2.24) is 0 Å². The first kappa shape index (κ1) is 15.6. The molecule has 4 heteroatoms. The molecule has 0 N–H and O–H groups in total. The summed E-state index contributed by atoms with van der Waals surface area (Å²) in [6.45, 7) is 2.66. The Balaban J connectivity index is 0. The summed E-state index contributed by atoms with van der Waals surface area (Å²) in [6.07, 6.45) is 0. The molecular formula is C9H11NS2Zn. The maximum atomic E-state index is 4.49. The molecule has 0 amide bonds. The van der Waals surface area contributed by atoms with Crippen LogP contribution in [0.25, 0.3) is 5.32 Å². The summed E-state index contributed by atoms with van der Waals surface area (Å²) < 4.78 is 0.442. The number of hydrogen-bond donors (Lipinski definition) is 1. The molecule has 0 heterocycles. The van der Waals surface area contributed by atoms with E-state index in [0.717, 1.165) is 6.54 Å². The maximum Gasteiger partial charge on any atom is 2.00 e. The molecular weight excluding hydrogens is 252 g/mol. The molecule has 0 aliphatic heterocycles. The number of benzene rings is 1. The minimum Gasteiger partial charge on any atom is -0.670 e. The Kier molecular flexibility index (Phi) is 14.5. The second-order valence-electron chi connectivity index (χ2n) is 1.83.